The fourth-order valence-electron chi connectivity index (χ4n) is 3.00. The Morgan fingerprint density at radius 1 is 1.24 bits per heavy atom. The van der Waals surface area contributed by atoms with Gasteiger partial charge < -0.3 is 10.5 Å². The second-order valence-electron chi connectivity index (χ2n) is 5.82. The fraction of sp³-hybridized carbons (Fsp3) is 0.533. The molecule has 1 heterocycles. The van der Waals surface area contributed by atoms with Crippen LogP contribution < -0.4 is 10.5 Å². The molecular formula is C15H21N5O. The third kappa shape index (κ3) is 2.70. The van der Waals surface area contributed by atoms with Gasteiger partial charge >= 0.3 is 0 Å². The molecule has 3 rings (SSSR count). The molecule has 2 N–H and O–H groups in total. The molecule has 1 aromatic carbocycles. The Bertz CT molecular complexity index is 616. The number of methoxy groups -OCH3 is 1. The SMILES string of the molecule is COc1cc(N)ccc1-c1nnnn1C1CCC(C)CC1. The molecule has 1 aliphatic carbocycles. The topological polar surface area (TPSA) is 78.8 Å². The number of anilines is 1. The van der Waals surface area contributed by atoms with Gasteiger partial charge in [0.1, 0.15) is 5.75 Å². The minimum absolute atomic E-state index is 0.369. The number of rotatable bonds is 3. The van der Waals surface area contributed by atoms with Crippen molar-refractivity contribution < 1.29 is 4.74 Å². The van der Waals surface area contributed by atoms with Crippen LogP contribution in [0.3, 0.4) is 0 Å². The average Bonchev–Trinajstić information content (AvgIpc) is 2.97. The fourth-order valence-corrected chi connectivity index (χ4v) is 3.00. The van der Waals surface area contributed by atoms with Crippen molar-refractivity contribution in [3.8, 4) is 17.1 Å². The maximum absolute atomic E-state index is 5.81. The van der Waals surface area contributed by atoms with Crippen LogP contribution >= 0.6 is 0 Å². The number of nitrogens with zero attached hydrogens (tertiary/aromatic N) is 4. The largest absolute Gasteiger partial charge is 0.496 e. The summed E-state index contributed by atoms with van der Waals surface area (Å²) in [5, 5.41) is 12.3. The lowest BCUT2D eigenvalue weighted by Crippen LogP contribution is -2.19. The van der Waals surface area contributed by atoms with E-state index in [1.807, 2.05) is 16.8 Å². The molecule has 1 saturated carbocycles. The van der Waals surface area contributed by atoms with Gasteiger partial charge in [0.15, 0.2) is 5.82 Å². The van der Waals surface area contributed by atoms with E-state index in [2.05, 4.69) is 22.4 Å². The number of nitrogens with two attached hydrogens (primary N) is 1. The van der Waals surface area contributed by atoms with Gasteiger partial charge in [-0.3, -0.25) is 0 Å². The van der Waals surface area contributed by atoms with Crippen LogP contribution in [-0.2, 0) is 0 Å². The van der Waals surface area contributed by atoms with Gasteiger partial charge in [-0.05, 0) is 54.2 Å². The van der Waals surface area contributed by atoms with Crippen molar-refractivity contribution in [1.82, 2.24) is 20.2 Å². The lowest BCUT2D eigenvalue weighted by molar-refractivity contribution is 0.272. The zero-order valence-corrected chi connectivity index (χ0v) is 12.5. The standard InChI is InChI=1S/C15H21N5O/c1-10-3-6-12(7-4-10)20-15(17-18-19-20)13-8-5-11(16)9-14(13)21-2/h5,8-10,12H,3-4,6-7,16H2,1-2H3. The number of hydrogen-bond acceptors (Lipinski definition) is 5. The van der Waals surface area contributed by atoms with Crippen LogP contribution in [0, 0.1) is 5.92 Å². The van der Waals surface area contributed by atoms with Crippen molar-refractivity contribution in [2.45, 2.75) is 38.6 Å². The van der Waals surface area contributed by atoms with Crippen LogP contribution in [0.25, 0.3) is 11.4 Å². The molecule has 21 heavy (non-hydrogen) atoms. The first-order chi connectivity index (χ1) is 10.2. The number of tetrazole rings is 1. The van der Waals surface area contributed by atoms with Gasteiger partial charge in [0, 0.05) is 11.8 Å². The number of hydrogen-bond donors (Lipinski definition) is 1. The van der Waals surface area contributed by atoms with Gasteiger partial charge in [-0.1, -0.05) is 6.92 Å². The highest BCUT2D eigenvalue weighted by Gasteiger charge is 2.24. The highest BCUT2D eigenvalue weighted by atomic mass is 16.5. The maximum Gasteiger partial charge on any atom is 0.186 e. The van der Waals surface area contributed by atoms with Gasteiger partial charge in [-0.25, -0.2) is 4.68 Å². The van der Waals surface area contributed by atoms with Crippen molar-refractivity contribution in [3.63, 3.8) is 0 Å². The monoisotopic (exact) mass is 287 g/mol. The molecule has 1 fully saturated rings. The molecule has 0 saturated heterocycles. The molecule has 0 amide bonds. The number of benzene rings is 1. The minimum Gasteiger partial charge on any atom is -0.496 e. The molecule has 0 atom stereocenters. The predicted molar refractivity (Wildman–Crippen MR) is 80.9 cm³/mol. The summed E-state index contributed by atoms with van der Waals surface area (Å²) in [5.74, 6) is 2.26. The molecular weight excluding hydrogens is 266 g/mol. The van der Waals surface area contributed by atoms with E-state index in [9.17, 15) is 0 Å². The van der Waals surface area contributed by atoms with E-state index in [4.69, 9.17) is 10.5 Å². The number of aromatic nitrogens is 4. The molecule has 2 aromatic rings. The van der Waals surface area contributed by atoms with Gasteiger partial charge in [0.25, 0.3) is 0 Å². The first kappa shape index (κ1) is 13.9. The number of ether oxygens (including phenoxy) is 1. The summed E-state index contributed by atoms with van der Waals surface area (Å²) < 4.78 is 7.36. The summed E-state index contributed by atoms with van der Waals surface area (Å²) in [6.07, 6.45) is 4.69. The molecule has 1 aromatic heterocycles. The Labute approximate surface area is 124 Å². The van der Waals surface area contributed by atoms with Crippen LogP contribution in [0.4, 0.5) is 5.69 Å². The summed E-state index contributed by atoms with van der Waals surface area (Å²) in [4.78, 5) is 0. The lowest BCUT2D eigenvalue weighted by atomic mass is 9.87. The summed E-state index contributed by atoms with van der Waals surface area (Å²) in [7, 11) is 1.63. The summed E-state index contributed by atoms with van der Waals surface area (Å²) in [6.45, 7) is 2.31. The Hall–Kier alpha value is -2.11. The third-order valence-electron chi connectivity index (χ3n) is 4.29. The summed E-state index contributed by atoms with van der Waals surface area (Å²) >= 11 is 0. The molecule has 6 nitrogen and oxygen atoms in total. The van der Waals surface area contributed by atoms with E-state index in [-0.39, 0.29) is 0 Å². The lowest BCUT2D eigenvalue weighted by Gasteiger charge is -2.26. The molecule has 1 aliphatic rings. The van der Waals surface area contributed by atoms with Gasteiger partial charge in [0.2, 0.25) is 0 Å². The molecule has 0 radical (unpaired) electrons. The average molecular weight is 287 g/mol. The molecule has 0 bridgehead atoms. The first-order valence-electron chi connectivity index (χ1n) is 7.40. The Balaban J connectivity index is 1.95. The second-order valence-corrected chi connectivity index (χ2v) is 5.82. The Morgan fingerprint density at radius 2 is 2.00 bits per heavy atom. The molecule has 0 spiro atoms. The molecule has 0 unspecified atom stereocenters. The van der Waals surface area contributed by atoms with Crippen molar-refractivity contribution >= 4 is 5.69 Å². The maximum atomic E-state index is 5.81. The van der Waals surface area contributed by atoms with E-state index in [0.717, 1.165) is 30.1 Å². The van der Waals surface area contributed by atoms with E-state index < -0.39 is 0 Å². The predicted octanol–water partition coefficient (Wildman–Crippen LogP) is 2.68. The van der Waals surface area contributed by atoms with E-state index in [1.165, 1.54) is 12.8 Å². The molecule has 0 aliphatic heterocycles. The van der Waals surface area contributed by atoms with Gasteiger partial charge in [-0.15, -0.1) is 5.10 Å². The molecule has 112 valence electrons. The Kier molecular flexibility index (Phi) is 3.77. The minimum atomic E-state index is 0.369. The third-order valence-corrected chi connectivity index (χ3v) is 4.29. The zero-order chi connectivity index (χ0) is 14.8. The summed E-state index contributed by atoms with van der Waals surface area (Å²) in [5.41, 5.74) is 7.37. The van der Waals surface area contributed by atoms with Crippen molar-refractivity contribution in [2.75, 3.05) is 12.8 Å². The van der Waals surface area contributed by atoms with Crippen LogP contribution in [-0.4, -0.2) is 27.3 Å². The van der Waals surface area contributed by atoms with Crippen LogP contribution in [0.15, 0.2) is 18.2 Å². The highest BCUT2D eigenvalue weighted by Crippen LogP contribution is 2.36. The van der Waals surface area contributed by atoms with Gasteiger partial charge in [0.05, 0.1) is 18.7 Å². The zero-order valence-electron chi connectivity index (χ0n) is 12.5. The van der Waals surface area contributed by atoms with Crippen LogP contribution in [0.1, 0.15) is 38.6 Å². The van der Waals surface area contributed by atoms with Crippen LogP contribution in [0.5, 0.6) is 5.75 Å². The van der Waals surface area contributed by atoms with Crippen LogP contribution in [0.2, 0.25) is 0 Å². The van der Waals surface area contributed by atoms with Crippen molar-refractivity contribution in [2.24, 2.45) is 5.92 Å². The van der Waals surface area contributed by atoms with Crippen molar-refractivity contribution in [1.29, 1.82) is 0 Å². The highest BCUT2D eigenvalue weighted by molar-refractivity contribution is 5.67. The Morgan fingerprint density at radius 3 is 2.71 bits per heavy atom. The smallest absolute Gasteiger partial charge is 0.186 e. The van der Waals surface area contributed by atoms with E-state index >= 15 is 0 Å². The van der Waals surface area contributed by atoms with Crippen molar-refractivity contribution in [3.05, 3.63) is 18.2 Å². The van der Waals surface area contributed by atoms with E-state index in [0.29, 0.717) is 17.5 Å². The second kappa shape index (κ2) is 5.71. The first-order valence-corrected chi connectivity index (χ1v) is 7.40. The normalized spacial score (nSPS) is 22.2. The van der Waals surface area contributed by atoms with E-state index in [1.54, 1.807) is 13.2 Å². The number of nitrogen functional groups attached to an aromatic ring is 1. The molecule has 6 heteroatoms. The quantitative estimate of drug-likeness (QED) is 0.878. The van der Waals surface area contributed by atoms with Gasteiger partial charge in [-0.2, -0.15) is 0 Å². The summed E-state index contributed by atoms with van der Waals surface area (Å²) in [6, 6.07) is 5.94.